The molecule has 1 fully saturated rings. The zero-order chi connectivity index (χ0) is 10.7. The van der Waals surface area contributed by atoms with Crippen LogP contribution in [0.25, 0.3) is 0 Å². The molecule has 0 aliphatic carbocycles. The van der Waals surface area contributed by atoms with Crippen molar-refractivity contribution in [3.05, 3.63) is 36.8 Å². The first-order chi connectivity index (χ1) is 7.29. The first-order valence-corrected chi connectivity index (χ1v) is 5.28. The molecule has 1 aliphatic rings. The molecular weight excluding hydrogens is 191 g/mol. The first-order valence-electron chi connectivity index (χ1n) is 5.28. The maximum Gasteiger partial charge on any atom is 0.141 e. The fourth-order valence-electron chi connectivity index (χ4n) is 1.92. The molecule has 0 spiro atoms. The minimum absolute atomic E-state index is 0.278. The van der Waals surface area contributed by atoms with Crippen molar-refractivity contribution >= 4 is 5.82 Å². The average Bonchev–Trinajstić information content (AvgIpc) is 2.30. The van der Waals surface area contributed by atoms with Crippen molar-refractivity contribution in [1.82, 2.24) is 4.98 Å². The van der Waals surface area contributed by atoms with E-state index in [0.29, 0.717) is 5.92 Å². The van der Waals surface area contributed by atoms with Gasteiger partial charge in [-0.3, -0.25) is 0 Å². The van der Waals surface area contributed by atoms with Gasteiger partial charge in [0.15, 0.2) is 0 Å². The lowest BCUT2D eigenvalue weighted by Gasteiger charge is -2.31. The zero-order valence-electron chi connectivity index (χ0n) is 8.69. The molecule has 15 heavy (non-hydrogen) atoms. The van der Waals surface area contributed by atoms with Gasteiger partial charge in [0.2, 0.25) is 0 Å². The largest absolute Gasteiger partial charge is 0.357 e. The Morgan fingerprint density at radius 2 is 2.13 bits per heavy atom. The van der Waals surface area contributed by atoms with E-state index in [1.54, 1.807) is 6.07 Å². The molecule has 0 N–H and O–H groups in total. The van der Waals surface area contributed by atoms with Crippen LogP contribution in [0.15, 0.2) is 31.0 Å². The summed E-state index contributed by atoms with van der Waals surface area (Å²) in [6, 6.07) is 3.20. The molecule has 0 bridgehead atoms. The molecule has 0 amide bonds. The first kappa shape index (κ1) is 10.1. The van der Waals surface area contributed by atoms with Crippen LogP contribution in [0.5, 0.6) is 0 Å². The summed E-state index contributed by atoms with van der Waals surface area (Å²) in [6.45, 7) is 5.77. The summed E-state index contributed by atoms with van der Waals surface area (Å²) in [5.74, 6) is 1.22. The predicted octanol–water partition coefficient (Wildman–Crippen LogP) is 2.62. The molecule has 0 unspecified atom stereocenters. The molecule has 2 heterocycles. The van der Waals surface area contributed by atoms with Crippen molar-refractivity contribution in [3.63, 3.8) is 0 Å². The van der Waals surface area contributed by atoms with Gasteiger partial charge < -0.3 is 4.90 Å². The predicted molar refractivity (Wildman–Crippen MR) is 59.3 cm³/mol. The number of halogens is 1. The maximum absolute atomic E-state index is 12.7. The van der Waals surface area contributed by atoms with Gasteiger partial charge in [-0.15, -0.1) is 6.58 Å². The van der Waals surface area contributed by atoms with Crippen LogP contribution < -0.4 is 4.90 Å². The summed E-state index contributed by atoms with van der Waals surface area (Å²) in [7, 11) is 0. The molecule has 0 saturated carbocycles. The summed E-state index contributed by atoms with van der Waals surface area (Å²) >= 11 is 0. The van der Waals surface area contributed by atoms with Crippen LogP contribution in [0.2, 0.25) is 0 Å². The molecule has 1 aliphatic heterocycles. The van der Waals surface area contributed by atoms with Crippen LogP contribution in [0.3, 0.4) is 0 Å². The topological polar surface area (TPSA) is 16.1 Å². The normalized spacial score (nSPS) is 17.8. The van der Waals surface area contributed by atoms with E-state index in [2.05, 4.69) is 16.5 Å². The van der Waals surface area contributed by atoms with E-state index in [1.807, 2.05) is 6.08 Å². The number of aromatic nitrogens is 1. The maximum atomic E-state index is 12.7. The van der Waals surface area contributed by atoms with E-state index in [-0.39, 0.29) is 5.82 Å². The number of piperidine rings is 1. The van der Waals surface area contributed by atoms with Crippen molar-refractivity contribution in [1.29, 1.82) is 0 Å². The van der Waals surface area contributed by atoms with Gasteiger partial charge in [-0.25, -0.2) is 9.37 Å². The molecule has 1 aromatic heterocycles. The molecule has 2 rings (SSSR count). The van der Waals surface area contributed by atoms with Gasteiger partial charge in [0.1, 0.15) is 11.6 Å². The van der Waals surface area contributed by atoms with Gasteiger partial charge in [0.05, 0.1) is 6.20 Å². The molecule has 80 valence electrons. The average molecular weight is 206 g/mol. The van der Waals surface area contributed by atoms with Gasteiger partial charge in [-0.2, -0.15) is 0 Å². The second-order valence-electron chi connectivity index (χ2n) is 3.89. The van der Waals surface area contributed by atoms with Crippen LogP contribution in [0, 0.1) is 11.7 Å². The lowest BCUT2D eigenvalue weighted by molar-refractivity contribution is 0.476. The molecular formula is C12H15FN2. The molecule has 0 atom stereocenters. The Morgan fingerprint density at radius 1 is 1.40 bits per heavy atom. The monoisotopic (exact) mass is 206 g/mol. The van der Waals surface area contributed by atoms with Gasteiger partial charge in [-0.1, -0.05) is 6.08 Å². The Morgan fingerprint density at radius 3 is 2.67 bits per heavy atom. The fourth-order valence-corrected chi connectivity index (χ4v) is 1.92. The fraction of sp³-hybridized carbons (Fsp3) is 0.417. The lowest BCUT2D eigenvalue weighted by Crippen LogP contribution is -2.33. The Labute approximate surface area is 89.4 Å². The van der Waals surface area contributed by atoms with E-state index in [4.69, 9.17) is 0 Å². The van der Waals surface area contributed by atoms with E-state index < -0.39 is 0 Å². The Bertz CT molecular complexity index is 326. The number of allylic oxidation sites excluding steroid dienone is 1. The molecule has 2 nitrogen and oxygen atoms in total. The second kappa shape index (κ2) is 4.43. The van der Waals surface area contributed by atoms with Crippen molar-refractivity contribution < 1.29 is 4.39 Å². The minimum atomic E-state index is -0.278. The van der Waals surface area contributed by atoms with E-state index in [9.17, 15) is 4.39 Å². The highest BCUT2D eigenvalue weighted by Crippen LogP contribution is 2.21. The standard InChI is InChI=1S/C12H15FN2/c1-2-10-5-7-15(8-6-10)12-4-3-11(13)9-14-12/h2-4,9-10H,1,5-8H2. The number of rotatable bonds is 2. The number of pyridine rings is 1. The van der Waals surface area contributed by atoms with Crippen LogP contribution in [0.4, 0.5) is 10.2 Å². The smallest absolute Gasteiger partial charge is 0.141 e. The van der Waals surface area contributed by atoms with Crippen molar-refractivity contribution in [2.45, 2.75) is 12.8 Å². The summed E-state index contributed by atoms with van der Waals surface area (Å²) < 4.78 is 12.7. The van der Waals surface area contributed by atoms with Gasteiger partial charge in [0.25, 0.3) is 0 Å². The summed E-state index contributed by atoms with van der Waals surface area (Å²) in [6.07, 6.45) is 5.52. The quantitative estimate of drug-likeness (QED) is 0.691. The highest BCUT2D eigenvalue weighted by atomic mass is 19.1. The highest BCUT2D eigenvalue weighted by molar-refractivity contribution is 5.38. The SMILES string of the molecule is C=CC1CCN(c2ccc(F)cn2)CC1. The van der Waals surface area contributed by atoms with Crippen molar-refractivity contribution in [2.24, 2.45) is 5.92 Å². The van der Waals surface area contributed by atoms with Gasteiger partial charge in [-0.05, 0) is 30.9 Å². The molecule has 0 radical (unpaired) electrons. The summed E-state index contributed by atoms with van der Waals surface area (Å²) in [4.78, 5) is 6.27. The van der Waals surface area contributed by atoms with Crippen LogP contribution >= 0.6 is 0 Å². The van der Waals surface area contributed by atoms with Crippen LogP contribution in [-0.2, 0) is 0 Å². The summed E-state index contributed by atoms with van der Waals surface area (Å²) in [5, 5.41) is 0. The number of nitrogens with zero attached hydrogens (tertiary/aromatic N) is 2. The molecule has 3 heteroatoms. The Kier molecular flexibility index (Phi) is 2.99. The zero-order valence-corrected chi connectivity index (χ0v) is 8.69. The van der Waals surface area contributed by atoms with Gasteiger partial charge in [0, 0.05) is 13.1 Å². The number of hydrogen-bond donors (Lipinski definition) is 0. The van der Waals surface area contributed by atoms with Crippen LogP contribution in [-0.4, -0.2) is 18.1 Å². The third-order valence-electron chi connectivity index (χ3n) is 2.91. The van der Waals surface area contributed by atoms with Crippen LogP contribution in [0.1, 0.15) is 12.8 Å². The number of hydrogen-bond acceptors (Lipinski definition) is 2. The Balaban J connectivity index is 2.01. The third-order valence-corrected chi connectivity index (χ3v) is 2.91. The lowest BCUT2D eigenvalue weighted by atomic mass is 9.97. The Hall–Kier alpha value is -1.38. The molecule has 0 aromatic carbocycles. The number of anilines is 1. The highest BCUT2D eigenvalue weighted by Gasteiger charge is 2.17. The molecule has 1 saturated heterocycles. The molecule has 1 aromatic rings. The summed E-state index contributed by atoms with van der Waals surface area (Å²) in [5.41, 5.74) is 0. The van der Waals surface area contributed by atoms with E-state index >= 15 is 0 Å². The van der Waals surface area contributed by atoms with Crippen molar-refractivity contribution in [3.8, 4) is 0 Å². The third kappa shape index (κ3) is 2.35. The van der Waals surface area contributed by atoms with Gasteiger partial charge >= 0.3 is 0 Å². The second-order valence-corrected chi connectivity index (χ2v) is 3.89. The minimum Gasteiger partial charge on any atom is -0.357 e. The van der Waals surface area contributed by atoms with E-state index in [1.165, 1.54) is 12.3 Å². The van der Waals surface area contributed by atoms with Crippen molar-refractivity contribution in [2.75, 3.05) is 18.0 Å². The van der Waals surface area contributed by atoms with E-state index in [0.717, 1.165) is 31.7 Å².